The van der Waals surface area contributed by atoms with Crippen molar-refractivity contribution in [1.82, 2.24) is 5.32 Å². The van der Waals surface area contributed by atoms with E-state index in [9.17, 15) is 4.79 Å². The Kier molecular flexibility index (Phi) is 4.73. The largest absolute Gasteiger partial charge is 0.352 e. The molecule has 1 aromatic carbocycles. The van der Waals surface area contributed by atoms with Crippen LogP contribution in [-0.4, -0.2) is 12.5 Å². The molecule has 1 aromatic heterocycles. The molecule has 0 radical (unpaired) electrons. The summed E-state index contributed by atoms with van der Waals surface area (Å²) in [7, 11) is 0. The van der Waals surface area contributed by atoms with Crippen LogP contribution in [0.15, 0.2) is 53.2 Å². The molecule has 2 aromatic rings. The minimum Gasteiger partial charge on any atom is -0.352 e. The second-order valence-electron chi connectivity index (χ2n) is 3.92. The SMILES string of the molecule is O=C(C=Cc1ccccc1)NCCc1ccsc1. The van der Waals surface area contributed by atoms with Crippen LogP contribution in [0.4, 0.5) is 0 Å². The van der Waals surface area contributed by atoms with Crippen molar-refractivity contribution >= 4 is 23.3 Å². The van der Waals surface area contributed by atoms with Crippen LogP contribution in [0.1, 0.15) is 11.1 Å². The van der Waals surface area contributed by atoms with E-state index in [0.29, 0.717) is 6.54 Å². The highest BCUT2D eigenvalue weighted by Crippen LogP contribution is 2.05. The van der Waals surface area contributed by atoms with Gasteiger partial charge in [0.2, 0.25) is 5.91 Å². The molecule has 1 N–H and O–H groups in total. The van der Waals surface area contributed by atoms with E-state index in [1.54, 1.807) is 17.4 Å². The lowest BCUT2D eigenvalue weighted by Crippen LogP contribution is -2.23. The standard InChI is InChI=1S/C15H15NOS/c17-15(7-6-13-4-2-1-3-5-13)16-10-8-14-9-11-18-12-14/h1-7,9,11-12H,8,10H2,(H,16,17). The highest BCUT2D eigenvalue weighted by molar-refractivity contribution is 7.07. The van der Waals surface area contributed by atoms with E-state index >= 15 is 0 Å². The van der Waals surface area contributed by atoms with Crippen LogP contribution in [0.5, 0.6) is 0 Å². The van der Waals surface area contributed by atoms with Crippen molar-refractivity contribution in [2.45, 2.75) is 6.42 Å². The fourth-order valence-electron chi connectivity index (χ4n) is 1.56. The van der Waals surface area contributed by atoms with Gasteiger partial charge in [0.1, 0.15) is 0 Å². The van der Waals surface area contributed by atoms with Gasteiger partial charge in [0.25, 0.3) is 0 Å². The third-order valence-corrected chi connectivity index (χ3v) is 3.25. The Morgan fingerprint density at radius 3 is 2.78 bits per heavy atom. The maximum absolute atomic E-state index is 11.5. The molecule has 2 rings (SSSR count). The molecule has 0 unspecified atom stereocenters. The van der Waals surface area contributed by atoms with Crippen molar-refractivity contribution in [2.75, 3.05) is 6.54 Å². The number of thiophene rings is 1. The summed E-state index contributed by atoms with van der Waals surface area (Å²) in [5.74, 6) is -0.0471. The molecule has 0 atom stereocenters. The first-order valence-electron chi connectivity index (χ1n) is 5.86. The van der Waals surface area contributed by atoms with Crippen LogP contribution in [-0.2, 0) is 11.2 Å². The maximum atomic E-state index is 11.5. The van der Waals surface area contributed by atoms with Crippen molar-refractivity contribution < 1.29 is 4.79 Å². The topological polar surface area (TPSA) is 29.1 Å². The number of carbonyl (C=O) groups excluding carboxylic acids is 1. The molecule has 18 heavy (non-hydrogen) atoms. The first kappa shape index (κ1) is 12.6. The van der Waals surface area contributed by atoms with Gasteiger partial charge < -0.3 is 5.32 Å². The number of carbonyl (C=O) groups is 1. The zero-order valence-corrected chi connectivity index (χ0v) is 10.8. The van der Waals surface area contributed by atoms with Crippen molar-refractivity contribution in [3.63, 3.8) is 0 Å². The molecule has 0 fully saturated rings. The summed E-state index contributed by atoms with van der Waals surface area (Å²) in [6.45, 7) is 0.675. The Balaban J connectivity index is 1.74. The van der Waals surface area contributed by atoms with Gasteiger partial charge in [-0.2, -0.15) is 11.3 Å². The fourth-order valence-corrected chi connectivity index (χ4v) is 2.26. The van der Waals surface area contributed by atoms with Gasteiger partial charge in [-0.1, -0.05) is 30.3 Å². The summed E-state index contributed by atoms with van der Waals surface area (Å²) >= 11 is 1.68. The zero-order valence-electron chi connectivity index (χ0n) is 10.0. The molecule has 1 amide bonds. The van der Waals surface area contributed by atoms with Crippen LogP contribution in [0, 0.1) is 0 Å². The van der Waals surface area contributed by atoms with Crippen LogP contribution < -0.4 is 5.32 Å². The molecule has 0 aliphatic rings. The summed E-state index contributed by atoms with van der Waals surface area (Å²) in [5, 5.41) is 7.02. The number of nitrogens with one attached hydrogen (secondary N) is 1. The van der Waals surface area contributed by atoms with E-state index in [1.165, 1.54) is 5.56 Å². The molecule has 1 heterocycles. The van der Waals surface area contributed by atoms with E-state index in [-0.39, 0.29) is 5.91 Å². The highest BCUT2D eigenvalue weighted by atomic mass is 32.1. The average Bonchev–Trinajstić information content (AvgIpc) is 2.91. The van der Waals surface area contributed by atoms with Crippen LogP contribution in [0.25, 0.3) is 6.08 Å². The fraction of sp³-hybridized carbons (Fsp3) is 0.133. The molecule has 2 nitrogen and oxygen atoms in total. The number of hydrogen-bond acceptors (Lipinski definition) is 2. The number of benzene rings is 1. The average molecular weight is 257 g/mol. The quantitative estimate of drug-likeness (QED) is 0.819. The Hall–Kier alpha value is -1.87. The molecule has 0 aliphatic heterocycles. The van der Waals surface area contributed by atoms with E-state index in [0.717, 1.165) is 12.0 Å². The summed E-state index contributed by atoms with van der Waals surface area (Å²) in [5.41, 5.74) is 2.30. The zero-order chi connectivity index (χ0) is 12.6. The first-order chi connectivity index (χ1) is 8.84. The van der Waals surface area contributed by atoms with Gasteiger partial charge in [-0.15, -0.1) is 0 Å². The minimum atomic E-state index is -0.0471. The Morgan fingerprint density at radius 2 is 2.06 bits per heavy atom. The first-order valence-corrected chi connectivity index (χ1v) is 6.81. The number of hydrogen-bond donors (Lipinski definition) is 1. The molecular formula is C15H15NOS. The summed E-state index contributed by atoms with van der Waals surface area (Å²) < 4.78 is 0. The lowest BCUT2D eigenvalue weighted by Gasteiger charge is -2.00. The van der Waals surface area contributed by atoms with E-state index in [2.05, 4.69) is 16.8 Å². The Morgan fingerprint density at radius 1 is 1.22 bits per heavy atom. The van der Waals surface area contributed by atoms with Gasteiger partial charge in [-0.3, -0.25) is 4.79 Å². The number of amides is 1. The van der Waals surface area contributed by atoms with Crippen LogP contribution in [0.3, 0.4) is 0 Å². The normalized spacial score (nSPS) is 10.7. The molecular weight excluding hydrogens is 242 g/mol. The molecule has 92 valence electrons. The second-order valence-corrected chi connectivity index (χ2v) is 4.70. The van der Waals surface area contributed by atoms with Crippen molar-refractivity contribution in [1.29, 1.82) is 0 Å². The Bertz CT molecular complexity index is 503. The molecule has 0 spiro atoms. The maximum Gasteiger partial charge on any atom is 0.244 e. The van der Waals surface area contributed by atoms with E-state index in [4.69, 9.17) is 0 Å². The summed E-state index contributed by atoms with van der Waals surface area (Å²) in [4.78, 5) is 11.5. The molecule has 0 aliphatic carbocycles. The summed E-state index contributed by atoms with van der Waals surface area (Å²) in [6.07, 6.45) is 4.28. The van der Waals surface area contributed by atoms with E-state index < -0.39 is 0 Å². The predicted molar refractivity (Wildman–Crippen MR) is 76.5 cm³/mol. The third kappa shape index (κ3) is 4.18. The van der Waals surface area contributed by atoms with Gasteiger partial charge in [0.05, 0.1) is 0 Å². The van der Waals surface area contributed by atoms with Crippen LogP contribution >= 0.6 is 11.3 Å². The Labute approximate surface area is 111 Å². The minimum absolute atomic E-state index is 0.0471. The molecule has 0 saturated carbocycles. The molecule has 0 bridgehead atoms. The van der Waals surface area contributed by atoms with Crippen molar-refractivity contribution in [3.8, 4) is 0 Å². The van der Waals surface area contributed by atoms with Gasteiger partial charge in [-0.25, -0.2) is 0 Å². The number of rotatable bonds is 5. The van der Waals surface area contributed by atoms with Gasteiger partial charge in [-0.05, 0) is 40.5 Å². The molecule has 3 heteroatoms. The molecule has 0 saturated heterocycles. The van der Waals surface area contributed by atoms with Gasteiger partial charge in [0.15, 0.2) is 0 Å². The van der Waals surface area contributed by atoms with Gasteiger partial charge >= 0.3 is 0 Å². The van der Waals surface area contributed by atoms with Crippen LogP contribution in [0.2, 0.25) is 0 Å². The smallest absolute Gasteiger partial charge is 0.244 e. The predicted octanol–water partition coefficient (Wildman–Crippen LogP) is 3.12. The lowest BCUT2D eigenvalue weighted by molar-refractivity contribution is -0.116. The lowest BCUT2D eigenvalue weighted by atomic mass is 10.2. The highest BCUT2D eigenvalue weighted by Gasteiger charge is 1.96. The van der Waals surface area contributed by atoms with Gasteiger partial charge in [0, 0.05) is 12.6 Å². The third-order valence-electron chi connectivity index (χ3n) is 2.52. The van der Waals surface area contributed by atoms with Crippen molar-refractivity contribution in [2.24, 2.45) is 0 Å². The van der Waals surface area contributed by atoms with E-state index in [1.807, 2.05) is 41.8 Å². The second kappa shape index (κ2) is 6.77. The summed E-state index contributed by atoms with van der Waals surface area (Å²) in [6, 6.07) is 11.9. The monoisotopic (exact) mass is 257 g/mol. The van der Waals surface area contributed by atoms with Crippen molar-refractivity contribution in [3.05, 3.63) is 64.4 Å².